The molecule has 0 saturated carbocycles. The molecule has 0 fully saturated rings. The topological polar surface area (TPSA) is 81.7 Å². The smallest absolute Gasteiger partial charge is 0.320 e. The number of hydrogen-bond donors (Lipinski definition) is 1. The molecule has 0 aromatic heterocycles. The third-order valence-corrected chi connectivity index (χ3v) is 4.79. The summed E-state index contributed by atoms with van der Waals surface area (Å²) in [7, 11) is -1.05. The van der Waals surface area contributed by atoms with E-state index >= 15 is 0 Å². The van der Waals surface area contributed by atoms with Gasteiger partial charge in [-0.1, -0.05) is 0 Å². The minimum absolute atomic E-state index is 0.166. The van der Waals surface area contributed by atoms with Crippen LogP contribution in [0.1, 0.15) is 16.7 Å². The number of esters is 1. The molecule has 1 N–H and O–H groups in total. The van der Waals surface area contributed by atoms with Crippen molar-refractivity contribution in [2.24, 2.45) is 0 Å². The number of carbonyl (C=O) groups excluding carboxylic acids is 1. The summed E-state index contributed by atoms with van der Waals surface area (Å²) in [4.78, 5) is 11.2. The van der Waals surface area contributed by atoms with Crippen molar-refractivity contribution in [3.63, 3.8) is 0 Å². The van der Waals surface area contributed by atoms with Gasteiger partial charge in [0.05, 0.1) is 19.1 Å². The summed E-state index contributed by atoms with van der Waals surface area (Å²) in [6.07, 6.45) is 0. The molecule has 112 valence electrons. The molecule has 1 rings (SSSR count). The van der Waals surface area contributed by atoms with E-state index in [4.69, 9.17) is 4.74 Å². The predicted molar refractivity (Wildman–Crippen MR) is 74.4 cm³/mol. The number of carbonyl (C=O) groups is 1. The van der Waals surface area contributed by atoms with Crippen LogP contribution < -0.4 is 9.46 Å². The van der Waals surface area contributed by atoms with Gasteiger partial charge < -0.3 is 9.47 Å². The maximum absolute atomic E-state index is 12.3. The SMILES string of the molecule is COC(=O)CNS(=O)(=O)c1c(C)cc(OC)c(C)c1C. The average Bonchev–Trinajstić information content (AvgIpc) is 2.40. The number of aryl methyl sites for hydroxylation is 1. The Labute approximate surface area is 119 Å². The van der Waals surface area contributed by atoms with Crippen molar-refractivity contribution in [3.05, 3.63) is 22.8 Å². The molecular weight excluding hydrogens is 282 g/mol. The number of hydrogen-bond acceptors (Lipinski definition) is 5. The van der Waals surface area contributed by atoms with Gasteiger partial charge in [-0.2, -0.15) is 4.72 Å². The van der Waals surface area contributed by atoms with Crippen LogP contribution in [0, 0.1) is 20.8 Å². The van der Waals surface area contributed by atoms with Gasteiger partial charge in [-0.05, 0) is 43.5 Å². The molecule has 0 saturated heterocycles. The van der Waals surface area contributed by atoms with Crippen LogP contribution in [0.2, 0.25) is 0 Å². The molecule has 0 heterocycles. The fourth-order valence-corrected chi connectivity index (χ4v) is 3.44. The summed E-state index contributed by atoms with van der Waals surface area (Å²) in [6.45, 7) is 4.77. The quantitative estimate of drug-likeness (QED) is 0.823. The standard InChI is InChI=1S/C13H19NO5S/c1-8-6-11(18-4)9(2)10(3)13(8)20(16,17)14-7-12(15)19-5/h6,14H,7H2,1-5H3. The van der Waals surface area contributed by atoms with Crippen LogP contribution >= 0.6 is 0 Å². The van der Waals surface area contributed by atoms with Gasteiger partial charge in [0.1, 0.15) is 12.3 Å². The van der Waals surface area contributed by atoms with Crippen LogP contribution in [-0.2, 0) is 19.6 Å². The molecule has 0 bridgehead atoms. The fourth-order valence-electron chi connectivity index (χ4n) is 1.95. The zero-order valence-corrected chi connectivity index (χ0v) is 13.1. The summed E-state index contributed by atoms with van der Waals surface area (Å²) >= 11 is 0. The summed E-state index contributed by atoms with van der Waals surface area (Å²) in [5, 5.41) is 0. The van der Waals surface area contributed by atoms with Crippen molar-refractivity contribution in [1.29, 1.82) is 0 Å². The third-order valence-electron chi connectivity index (χ3n) is 3.10. The van der Waals surface area contributed by atoms with Crippen LogP contribution in [0.4, 0.5) is 0 Å². The van der Waals surface area contributed by atoms with Gasteiger partial charge in [0, 0.05) is 0 Å². The zero-order valence-electron chi connectivity index (χ0n) is 12.2. The molecule has 0 aliphatic heterocycles. The number of rotatable bonds is 5. The highest BCUT2D eigenvalue weighted by Crippen LogP contribution is 2.30. The van der Waals surface area contributed by atoms with Gasteiger partial charge in [0.2, 0.25) is 10.0 Å². The minimum Gasteiger partial charge on any atom is -0.496 e. The molecule has 0 atom stereocenters. The van der Waals surface area contributed by atoms with Crippen LogP contribution in [0.15, 0.2) is 11.0 Å². The predicted octanol–water partition coefficient (Wildman–Crippen LogP) is 1.07. The van der Waals surface area contributed by atoms with Gasteiger partial charge in [-0.3, -0.25) is 4.79 Å². The van der Waals surface area contributed by atoms with Gasteiger partial charge in [0.15, 0.2) is 0 Å². The molecule has 20 heavy (non-hydrogen) atoms. The Morgan fingerprint density at radius 2 is 1.80 bits per heavy atom. The maximum atomic E-state index is 12.3. The first-order valence-electron chi connectivity index (χ1n) is 5.95. The second kappa shape index (κ2) is 6.23. The molecule has 0 radical (unpaired) electrons. The van der Waals surface area contributed by atoms with E-state index < -0.39 is 22.5 Å². The van der Waals surface area contributed by atoms with Gasteiger partial charge >= 0.3 is 5.97 Å². The normalized spacial score (nSPS) is 11.2. The first-order valence-corrected chi connectivity index (χ1v) is 7.44. The highest BCUT2D eigenvalue weighted by atomic mass is 32.2. The number of sulfonamides is 1. The van der Waals surface area contributed by atoms with Crippen molar-refractivity contribution in [2.75, 3.05) is 20.8 Å². The average molecular weight is 301 g/mol. The van der Waals surface area contributed by atoms with Crippen molar-refractivity contribution in [3.8, 4) is 5.75 Å². The molecule has 7 heteroatoms. The number of ether oxygens (including phenoxy) is 2. The largest absolute Gasteiger partial charge is 0.496 e. The van der Waals surface area contributed by atoms with E-state index in [9.17, 15) is 13.2 Å². The second-order valence-electron chi connectivity index (χ2n) is 4.38. The number of methoxy groups -OCH3 is 2. The summed E-state index contributed by atoms with van der Waals surface area (Å²) in [5.74, 6) is -0.0129. The van der Waals surface area contributed by atoms with E-state index in [0.29, 0.717) is 16.9 Å². The van der Waals surface area contributed by atoms with Crippen molar-refractivity contribution < 1.29 is 22.7 Å². The van der Waals surface area contributed by atoms with Crippen LogP contribution in [0.3, 0.4) is 0 Å². The Morgan fingerprint density at radius 1 is 1.20 bits per heavy atom. The van der Waals surface area contributed by atoms with Crippen molar-refractivity contribution in [2.45, 2.75) is 25.7 Å². The fraction of sp³-hybridized carbons (Fsp3) is 0.462. The van der Waals surface area contributed by atoms with Gasteiger partial charge in [0.25, 0.3) is 0 Å². The van der Waals surface area contributed by atoms with E-state index in [1.807, 2.05) is 0 Å². The molecule has 1 aromatic rings. The summed E-state index contributed by atoms with van der Waals surface area (Å²) < 4.78 is 36.4. The van der Waals surface area contributed by atoms with Gasteiger partial charge in [-0.15, -0.1) is 0 Å². The summed E-state index contributed by atoms with van der Waals surface area (Å²) in [5.41, 5.74) is 1.90. The molecule has 1 aromatic carbocycles. The first-order chi connectivity index (χ1) is 9.24. The Morgan fingerprint density at radius 3 is 2.30 bits per heavy atom. The lowest BCUT2D eigenvalue weighted by molar-refractivity contribution is -0.139. The lowest BCUT2D eigenvalue weighted by atomic mass is 10.1. The van der Waals surface area contributed by atoms with E-state index in [2.05, 4.69) is 9.46 Å². The Kier molecular flexibility index (Phi) is 5.13. The minimum atomic E-state index is -3.78. The molecule has 0 aliphatic rings. The molecule has 6 nitrogen and oxygen atoms in total. The Balaban J connectivity index is 3.25. The van der Waals surface area contributed by atoms with Crippen LogP contribution in [0.25, 0.3) is 0 Å². The molecular formula is C13H19NO5S. The number of benzene rings is 1. The lowest BCUT2D eigenvalue weighted by Gasteiger charge is -2.16. The lowest BCUT2D eigenvalue weighted by Crippen LogP contribution is -2.31. The van der Waals surface area contributed by atoms with Crippen molar-refractivity contribution in [1.82, 2.24) is 4.72 Å². The highest BCUT2D eigenvalue weighted by molar-refractivity contribution is 7.89. The number of nitrogens with one attached hydrogen (secondary N) is 1. The van der Waals surface area contributed by atoms with E-state index in [1.54, 1.807) is 26.8 Å². The van der Waals surface area contributed by atoms with Crippen molar-refractivity contribution >= 4 is 16.0 Å². The zero-order chi connectivity index (χ0) is 15.5. The van der Waals surface area contributed by atoms with E-state index in [-0.39, 0.29) is 4.90 Å². The van der Waals surface area contributed by atoms with E-state index in [1.165, 1.54) is 14.2 Å². The Hall–Kier alpha value is -1.60. The monoisotopic (exact) mass is 301 g/mol. The van der Waals surface area contributed by atoms with Gasteiger partial charge in [-0.25, -0.2) is 8.42 Å². The van der Waals surface area contributed by atoms with E-state index in [0.717, 1.165) is 5.56 Å². The summed E-state index contributed by atoms with van der Waals surface area (Å²) in [6, 6.07) is 1.66. The molecule has 0 amide bonds. The Bertz CT molecular complexity index is 622. The third kappa shape index (κ3) is 3.29. The van der Waals surface area contributed by atoms with Crippen LogP contribution in [0.5, 0.6) is 5.75 Å². The second-order valence-corrected chi connectivity index (χ2v) is 6.08. The van der Waals surface area contributed by atoms with Crippen LogP contribution in [-0.4, -0.2) is 35.2 Å². The maximum Gasteiger partial charge on any atom is 0.320 e. The highest BCUT2D eigenvalue weighted by Gasteiger charge is 2.23. The first kappa shape index (κ1) is 16.5. The molecule has 0 spiro atoms. The molecule has 0 unspecified atom stereocenters. The molecule has 0 aliphatic carbocycles.